The number of hydrogen-bond donors (Lipinski definition) is 1. The van der Waals surface area contributed by atoms with Crippen molar-refractivity contribution in [1.29, 1.82) is 0 Å². The van der Waals surface area contributed by atoms with Gasteiger partial charge in [-0.05, 0) is 43.3 Å². The summed E-state index contributed by atoms with van der Waals surface area (Å²) in [4.78, 5) is 12.3. The van der Waals surface area contributed by atoms with Gasteiger partial charge in [-0.15, -0.1) is 0 Å². The molecule has 5 nitrogen and oxygen atoms in total. The predicted octanol–water partition coefficient (Wildman–Crippen LogP) is 4.23. The Labute approximate surface area is 146 Å². The van der Waals surface area contributed by atoms with Gasteiger partial charge >= 0.3 is 0 Å². The minimum atomic E-state index is -1.08. The van der Waals surface area contributed by atoms with E-state index in [9.17, 15) is 18.0 Å². The molecule has 134 valence electrons. The number of aromatic nitrogens is 1. The molecule has 0 aliphatic heterocycles. The number of anilines is 1. The molecule has 26 heavy (non-hydrogen) atoms. The van der Waals surface area contributed by atoms with Gasteiger partial charge in [0.15, 0.2) is 17.3 Å². The van der Waals surface area contributed by atoms with Crippen molar-refractivity contribution < 1.29 is 27.2 Å². The molecule has 1 heterocycles. The third-order valence-electron chi connectivity index (χ3n) is 3.57. The van der Waals surface area contributed by atoms with Crippen molar-refractivity contribution in [3.8, 4) is 5.75 Å². The van der Waals surface area contributed by atoms with Crippen molar-refractivity contribution in [2.24, 2.45) is 0 Å². The van der Waals surface area contributed by atoms with E-state index in [1.807, 2.05) is 0 Å². The summed E-state index contributed by atoms with van der Waals surface area (Å²) in [6.07, 6.45) is 0. The second kappa shape index (κ2) is 7.30. The lowest BCUT2D eigenvalue weighted by Crippen LogP contribution is -2.15. The SMILES string of the molecule is Cc1onc(C(=O)Nc2ccc(F)c(F)c2)c1COc1ccc(F)cc1. The van der Waals surface area contributed by atoms with Crippen LogP contribution in [0.3, 0.4) is 0 Å². The Kier molecular flexibility index (Phi) is 4.92. The quantitative estimate of drug-likeness (QED) is 0.738. The number of aryl methyl sites for hydroxylation is 1. The molecular formula is C18H13F3N2O3. The summed E-state index contributed by atoms with van der Waals surface area (Å²) in [5, 5.41) is 6.10. The van der Waals surface area contributed by atoms with Crippen LogP contribution in [-0.4, -0.2) is 11.1 Å². The van der Waals surface area contributed by atoms with E-state index in [0.717, 1.165) is 12.1 Å². The number of amides is 1. The van der Waals surface area contributed by atoms with Gasteiger partial charge in [-0.2, -0.15) is 0 Å². The minimum absolute atomic E-state index is 0.0402. The highest BCUT2D eigenvalue weighted by Gasteiger charge is 2.21. The third-order valence-corrected chi connectivity index (χ3v) is 3.57. The first-order valence-electron chi connectivity index (χ1n) is 7.54. The van der Waals surface area contributed by atoms with Crippen molar-refractivity contribution in [1.82, 2.24) is 5.16 Å². The first kappa shape index (κ1) is 17.5. The molecular weight excluding hydrogens is 349 g/mol. The molecule has 8 heteroatoms. The van der Waals surface area contributed by atoms with Crippen LogP contribution in [0, 0.1) is 24.4 Å². The molecule has 0 aliphatic rings. The topological polar surface area (TPSA) is 64.4 Å². The number of rotatable bonds is 5. The molecule has 0 fully saturated rings. The third kappa shape index (κ3) is 3.85. The lowest BCUT2D eigenvalue weighted by Gasteiger charge is -2.07. The average molecular weight is 362 g/mol. The molecule has 0 bridgehead atoms. The summed E-state index contributed by atoms with van der Waals surface area (Å²) >= 11 is 0. The zero-order valence-corrected chi connectivity index (χ0v) is 13.6. The predicted molar refractivity (Wildman–Crippen MR) is 86.3 cm³/mol. The Morgan fingerprint density at radius 3 is 2.54 bits per heavy atom. The van der Waals surface area contributed by atoms with Gasteiger partial charge in [-0.25, -0.2) is 13.2 Å². The first-order chi connectivity index (χ1) is 12.4. The van der Waals surface area contributed by atoms with Gasteiger partial charge in [0.25, 0.3) is 5.91 Å². The maximum atomic E-state index is 13.2. The Hall–Kier alpha value is -3.29. The van der Waals surface area contributed by atoms with Crippen LogP contribution < -0.4 is 10.1 Å². The number of nitrogens with one attached hydrogen (secondary N) is 1. The van der Waals surface area contributed by atoms with E-state index in [1.165, 1.54) is 30.3 Å². The Bertz CT molecular complexity index is 939. The number of benzene rings is 2. The standard InChI is InChI=1S/C18H13F3N2O3/c1-10-14(9-25-13-5-2-11(19)3-6-13)17(23-26-10)18(24)22-12-4-7-15(20)16(21)8-12/h2-8H,9H2,1H3,(H,22,24). The minimum Gasteiger partial charge on any atom is -0.489 e. The van der Waals surface area contributed by atoms with Crippen LogP contribution in [0.5, 0.6) is 5.75 Å². The molecule has 0 spiro atoms. The number of carbonyl (C=O) groups excluding carboxylic acids is 1. The van der Waals surface area contributed by atoms with Crippen LogP contribution in [-0.2, 0) is 6.61 Å². The van der Waals surface area contributed by atoms with Crippen LogP contribution in [0.2, 0.25) is 0 Å². The second-order valence-corrected chi connectivity index (χ2v) is 5.39. The average Bonchev–Trinajstić information content (AvgIpc) is 2.98. The zero-order valence-electron chi connectivity index (χ0n) is 13.6. The zero-order chi connectivity index (χ0) is 18.7. The fraction of sp³-hybridized carbons (Fsp3) is 0.111. The van der Waals surface area contributed by atoms with E-state index in [-0.39, 0.29) is 18.0 Å². The summed E-state index contributed by atoms with van der Waals surface area (Å²) in [7, 11) is 0. The van der Waals surface area contributed by atoms with E-state index in [0.29, 0.717) is 17.1 Å². The largest absolute Gasteiger partial charge is 0.489 e. The summed E-state index contributed by atoms with van der Waals surface area (Å²) in [5.74, 6) is -2.40. The summed E-state index contributed by atoms with van der Waals surface area (Å²) < 4.78 is 49.6. The molecule has 1 aromatic heterocycles. The summed E-state index contributed by atoms with van der Waals surface area (Å²) in [6, 6.07) is 8.35. The van der Waals surface area contributed by atoms with Gasteiger partial charge < -0.3 is 14.6 Å². The molecule has 2 aromatic carbocycles. The normalized spacial score (nSPS) is 10.6. The van der Waals surface area contributed by atoms with E-state index in [2.05, 4.69) is 10.5 Å². The number of nitrogens with zero attached hydrogens (tertiary/aromatic N) is 1. The smallest absolute Gasteiger partial charge is 0.278 e. The molecule has 0 saturated carbocycles. The maximum Gasteiger partial charge on any atom is 0.278 e. The van der Waals surface area contributed by atoms with Crippen molar-refractivity contribution in [2.75, 3.05) is 5.32 Å². The molecule has 0 atom stereocenters. The lowest BCUT2D eigenvalue weighted by atomic mass is 10.2. The Balaban J connectivity index is 1.74. The van der Waals surface area contributed by atoms with Crippen molar-refractivity contribution in [3.63, 3.8) is 0 Å². The molecule has 3 rings (SSSR count). The molecule has 3 aromatic rings. The monoisotopic (exact) mass is 362 g/mol. The summed E-state index contributed by atoms with van der Waals surface area (Å²) in [5.41, 5.74) is 0.406. The van der Waals surface area contributed by atoms with E-state index in [4.69, 9.17) is 9.26 Å². The molecule has 0 aliphatic carbocycles. The van der Waals surface area contributed by atoms with Crippen LogP contribution in [0.15, 0.2) is 47.0 Å². The van der Waals surface area contributed by atoms with Gasteiger partial charge in [-0.3, -0.25) is 4.79 Å². The van der Waals surface area contributed by atoms with E-state index >= 15 is 0 Å². The fourth-order valence-electron chi connectivity index (χ4n) is 2.19. The fourth-order valence-corrected chi connectivity index (χ4v) is 2.19. The Morgan fingerprint density at radius 1 is 1.12 bits per heavy atom. The second-order valence-electron chi connectivity index (χ2n) is 5.39. The number of carbonyl (C=O) groups is 1. The van der Waals surface area contributed by atoms with Gasteiger partial charge in [0.2, 0.25) is 0 Å². The highest BCUT2D eigenvalue weighted by molar-refractivity contribution is 6.03. The highest BCUT2D eigenvalue weighted by Crippen LogP contribution is 2.20. The van der Waals surface area contributed by atoms with Crippen molar-refractivity contribution in [2.45, 2.75) is 13.5 Å². The summed E-state index contributed by atoms with van der Waals surface area (Å²) in [6.45, 7) is 1.56. The van der Waals surface area contributed by atoms with E-state index in [1.54, 1.807) is 6.92 Å². The lowest BCUT2D eigenvalue weighted by molar-refractivity contribution is 0.101. The van der Waals surface area contributed by atoms with Gasteiger partial charge in [0.05, 0.1) is 5.56 Å². The number of ether oxygens (including phenoxy) is 1. The van der Waals surface area contributed by atoms with Gasteiger partial charge in [-0.1, -0.05) is 5.16 Å². The van der Waals surface area contributed by atoms with Gasteiger partial charge in [0, 0.05) is 11.8 Å². The number of hydrogen-bond acceptors (Lipinski definition) is 4. The maximum absolute atomic E-state index is 13.2. The van der Waals surface area contributed by atoms with Crippen LogP contribution in [0.4, 0.5) is 18.9 Å². The highest BCUT2D eigenvalue weighted by atomic mass is 19.2. The Morgan fingerprint density at radius 2 is 1.85 bits per heavy atom. The molecule has 0 saturated heterocycles. The van der Waals surface area contributed by atoms with Crippen LogP contribution in [0.25, 0.3) is 0 Å². The van der Waals surface area contributed by atoms with Crippen molar-refractivity contribution in [3.05, 3.63) is 76.9 Å². The van der Waals surface area contributed by atoms with Crippen molar-refractivity contribution >= 4 is 11.6 Å². The van der Waals surface area contributed by atoms with Crippen LogP contribution in [0.1, 0.15) is 21.8 Å². The van der Waals surface area contributed by atoms with E-state index < -0.39 is 23.4 Å². The molecule has 0 unspecified atom stereocenters. The molecule has 1 amide bonds. The number of halogens is 3. The van der Waals surface area contributed by atoms with Gasteiger partial charge in [0.1, 0.15) is 23.9 Å². The first-order valence-corrected chi connectivity index (χ1v) is 7.54. The molecule has 0 radical (unpaired) electrons. The molecule has 1 N–H and O–H groups in total. The van der Waals surface area contributed by atoms with Crippen LogP contribution >= 0.6 is 0 Å².